The maximum atomic E-state index is 4.83. The molecule has 3 nitrogen and oxygen atoms in total. The van der Waals surface area contributed by atoms with Gasteiger partial charge in [0.1, 0.15) is 5.82 Å². The molecule has 0 radical (unpaired) electrons. The van der Waals surface area contributed by atoms with Gasteiger partial charge in [-0.1, -0.05) is 19.9 Å². The Kier molecular flexibility index (Phi) is 3.97. The summed E-state index contributed by atoms with van der Waals surface area (Å²) >= 11 is 0. The lowest BCUT2D eigenvalue weighted by Gasteiger charge is -2.20. The average Bonchev–Trinajstić information content (AvgIpc) is 3.11. The van der Waals surface area contributed by atoms with Gasteiger partial charge in [0.2, 0.25) is 0 Å². The van der Waals surface area contributed by atoms with E-state index >= 15 is 0 Å². The number of hydrogen-bond donors (Lipinski definition) is 1. The maximum absolute atomic E-state index is 4.83. The van der Waals surface area contributed by atoms with Crippen molar-refractivity contribution in [2.24, 2.45) is 11.8 Å². The minimum atomic E-state index is 0.763. The van der Waals surface area contributed by atoms with Crippen LogP contribution in [0.25, 0.3) is 0 Å². The number of aryl methyl sites for hydroxylation is 1. The zero-order chi connectivity index (χ0) is 14.1. The molecule has 1 unspecified atom stereocenters. The molecule has 1 atom stereocenters. The Morgan fingerprint density at radius 3 is 2.70 bits per heavy atom. The number of nitrogens with one attached hydrogen (secondary N) is 1. The highest BCUT2D eigenvalue weighted by molar-refractivity contribution is 5.42. The molecule has 1 aliphatic heterocycles. The molecule has 1 aromatic rings. The highest BCUT2D eigenvalue weighted by atomic mass is 15.2. The molecular weight excluding hydrogens is 246 g/mol. The summed E-state index contributed by atoms with van der Waals surface area (Å²) in [6, 6.07) is 5.23. The van der Waals surface area contributed by atoms with Crippen molar-refractivity contribution in [1.29, 1.82) is 0 Å². The SMILES string of the molecule is Cc1nc(N2CCC(C(C)C)C2)ccc1CNC1CC1. The molecule has 1 N–H and O–H groups in total. The summed E-state index contributed by atoms with van der Waals surface area (Å²) in [4.78, 5) is 7.29. The number of nitrogens with zero attached hydrogens (tertiary/aromatic N) is 2. The molecule has 1 saturated carbocycles. The third-order valence-corrected chi connectivity index (χ3v) is 4.83. The van der Waals surface area contributed by atoms with Crippen molar-refractivity contribution in [3.05, 3.63) is 23.4 Å². The van der Waals surface area contributed by atoms with Gasteiger partial charge in [0.25, 0.3) is 0 Å². The quantitative estimate of drug-likeness (QED) is 0.893. The summed E-state index contributed by atoms with van der Waals surface area (Å²) in [6.45, 7) is 10.1. The van der Waals surface area contributed by atoms with Gasteiger partial charge in [-0.2, -0.15) is 0 Å². The molecule has 110 valence electrons. The minimum Gasteiger partial charge on any atom is -0.356 e. The van der Waals surface area contributed by atoms with Crippen molar-refractivity contribution in [2.75, 3.05) is 18.0 Å². The van der Waals surface area contributed by atoms with Gasteiger partial charge in [0.15, 0.2) is 0 Å². The molecule has 2 fully saturated rings. The molecule has 0 aromatic carbocycles. The molecule has 0 bridgehead atoms. The van der Waals surface area contributed by atoms with Crippen LogP contribution in [0.5, 0.6) is 0 Å². The lowest BCUT2D eigenvalue weighted by Crippen LogP contribution is -2.23. The van der Waals surface area contributed by atoms with Crippen LogP contribution in [0.2, 0.25) is 0 Å². The van der Waals surface area contributed by atoms with Gasteiger partial charge in [-0.25, -0.2) is 4.98 Å². The van der Waals surface area contributed by atoms with Gasteiger partial charge < -0.3 is 10.2 Å². The van der Waals surface area contributed by atoms with E-state index in [2.05, 4.69) is 43.1 Å². The number of hydrogen-bond acceptors (Lipinski definition) is 3. The third-order valence-electron chi connectivity index (χ3n) is 4.83. The van der Waals surface area contributed by atoms with E-state index < -0.39 is 0 Å². The Balaban J connectivity index is 1.64. The molecule has 0 amide bonds. The summed E-state index contributed by atoms with van der Waals surface area (Å²) in [7, 11) is 0. The van der Waals surface area contributed by atoms with Crippen molar-refractivity contribution >= 4 is 5.82 Å². The minimum absolute atomic E-state index is 0.763. The molecule has 3 heteroatoms. The fourth-order valence-corrected chi connectivity index (χ4v) is 3.02. The summed E-state index contributed by atoms with van der Waals surface area (Å²) < 4.78 is 0. The first-order valence-electron chi connectivity index (χ1n) is 8.08. The van der Waals surface area contributed by atoms with Crippen molar-refractivity contribution in [1.82, 2.24) is 10.3 Å². The van der Waals surface area contributed by atoms with Crippen LogP contribution < -0.4 is 10.2 Å². The van der Waals surface area contributed by atoms with E-state index in [0.717, 1.165) is 31.0 Å². The molecule has 1 saturated heterocycles. The zero-order valence-electron chi connectivity index (χ0n) is 13.0. The summed E-state index contributed by atoms with van der Waals surface area (Å²) in [5.74, 6) is 2.78. The van der Waals surface area contributed by atoms with E-state index in [1.807, 2.05) is 0 Å². The Morgan fingerprint density at radius 1 is 1.30 bits per heavy atom. The van der Waals surface area contributed by atoms with Crippen LogP contribution in [0.1, 0.15) is 44.4 Å². The van der Waals surface area contributed by atoms with Crippen LogP contribution >= 0.6 is 0 Å². The fourth-order valence-electron chi connectivity index (χ4n) is 3.02. The van der Waals surface area contributed by atoms with Gasteiger partial charge >= 0.3 is 0 Å². The van der Waals surface area contributed by atoms with Crippen molar-refractivity contribution in [3.63, 3.8) is 0 Å². The van der Waals surface area contributed by atoms with Crippen LogP contribution in [0.4, 0.5) is 5.82 Å². The van der Waals surface area contributed by atoms with Crippen LogP contribution in [0.3, 0.4) is 0 Å². The lowest BCUT2D eigenvalue weighted by atomic mass is 9.95. The number of anilines is 1. The second-order valence-electron chi connectivity index (χ2n) is 6.81. The first-order valence-corrected chi connectivity index (χ1v) is 8.08. The second kappa shape index (κ2) is 5.72. The van der Waals surface area contributed by atoms with E-state index in [-0.39, 0.29) is 0 Å². The van der Waals surface area contributed by atoms with E-state index in [1.165, 1.54) is 42.9 Å². The Labute approximate surface area is 122 Å². The van der Waals surface area contributed by atoms with Crippen molar-refractivity contribution in [3.8, 4) is 0 Å². The maximum Gasteiger partial charge on any atom is 0.128 e. The summed E-state index contributed by atoms with van der Waals surface area (Å²) in [5.41, 5.74) is 2.53. The van der Waals surface area contributed by atoms with E-state index in [9.17, 15) is 0 Å². The van der Waals surface area contributed by atoms with Crippen LogP contribution in [-0.2, 0) is 6.54 Å². The molecule has 2 aliphatic rings. The Morgan fingerprint density at radius 2 is 2.10 bits per heavy atom. The first kappa shape index (κ1) is 13.9. The number of rotatable bonds is 5. The highest BCUT2D eigenvalue weighted by Crippen LogP contribution is 2.28. The van der Waals surface area contributed by atoms with Crippen LogP contribution in [0.15, 0.2) is 12.1 Å². The first-order chi connectivity index (χ1) is 9.63. The van der Waals surface area contributed by atoms with Crippen LogP contribution in [-0.4, -0.2) is 24.1 Å². The molecule has 20 heavy (non-hydrogen) atoms. The normalized spacial score (nSPS) is 22.8. The predicted octanol–water partition coefficient (Wildman–Crippen LogP) is 3.12. The lowest BCUT2D eigenvalue weighted by molar-refractivity contribution is 0.422. The van der Waals surface area contributed by atoms with Gasteiger partial charge in [-0.15, -0.1) is 0 Å². The van der Waals surface area contributed by atoms with Gasteiger partial charge in [0.05, 0.1) is 0 Å². The molecular formula is C17H27N3. The average molecular weight is 273 g/mol. The summed E-state index contributed by atoms with van der Waals surface area (Å²) in [6.07, 6.45) is 3.99. The fraction of sp³-hybridized carbons (Fsp3) is 0.706. The Hall–Kier alpha value is -1.09. The monoisotopic (exact) mass is 273 g/mol. The zero-order valence-corrected chi connectivity index (χ0v) is 13.0. The van der Waals surface area contributed by atoms with Gasteiger partial charge in [0, 0.05) is 31.4 Å². The van der Waals surface area contributed by atoms with Gasteiger partial charge in [-0.05, 0) is 49.7 Å². The molecule has 1 aliphatic carbocycles. The highest BCUT2D eigenvalue weighted by Gasteiger charge is 2.26. The molecule has 1 aromatic heterocycles. The number of aromatic nitrogens is 1. The standard InChI is InChI=1S/C17H27N3/c1-12(2)15-8-9-20(11-15)17-7-4-14(13(3)19-17)10-18-16-5-6-16/h4,7,12,15-16,18H,5-6,8-11H2,1-3H3. The van der Waals surface area contributed by atoms with Crippen molar-refractivity contribution in [2.45, 2.75) is 52.6 Å². The second-order valence-corrected chi connectivity index (χ2v) is 6.81. The molecule has 3 rings (SSSR count). The predicted molar refractivity (Wildman–Crippen MR) is 84.0 cm³/mol. The summed E-state index contributed by atoms with van der Waals surface area (Å²) in [5, 5.41) is 3.57. The van der Waals surface area contributed by atoms with E-state index in [1.54, 1.807) is 0 Å². The number of pyridine rings is 1. The topological polar surface area (TPSA) is 28.2 Å². The van der Waals surface area contributed by atoms with Crippen LogP contribution in [0, 0.1) is 18.8 Å². The molecule has 2 heterocycles. The van der Waals surface area contributed by atoms with E-state index in [0.29, 0.717) is 0 Å². The molecule has 0 spiro atoms. The smallest absolute Gasteiger partial charge is 0.128 e. The third kappa shape index (κ3) is 3.14. The largest absolute Gasteiger partial charge is 0.356 e. The Bertz CT molecular complexity index is 465. The van der Waals surface area contributed by atoms with E-state index in [4.69, 9.17) is 4.98 Å². The van der Waals surface area contributed by atoms with Gasteiger partial charge in [-0.3, -0.25) is 0 Å². The van der Waals surface area contributed by atoms with Crippen molar-refractivity contribution < 1.29 is 0 Å².